The van der Waals surface area contributed by atoms with Crippen molar-refractivity contribution >= 4 is 40.9 Å². The Labute approximate surface area is 169 Å². The number of carbonyl (C=O) groups is 2. The number of halogens is 1. The summed E-state index contributed by atoms with van der Waals surface area (Å²) in [6, 6.07) is 10.9. The minimum atomic E-state index is -0.0917. The lowest BCUT2D eigenvalue weighted by Crippen LogP contribution is -2.49. The summed E-state index contributed by atoms with van der Waals surface area (Å²) in [7, 11) is 0. The van der Waals surface area contributed by atoms with Crippen LogP contribution in [-0.2, 0) is 9.59 Å². The summed E-state index contributed by atoms with van der Waals surface area (Å²) in [5, 5.41) is 0.564. The van der Waals surface area contributed by atoms with Crippen LogP contribution in [0.2, 0.25) is 5.02 Å². The van der Waals surface area contributed by atoms with Gasteiger partial charge in [-0.25, -0.2) is 0 Å². The van der Waals surface area contributed by atoms with E-state index in [2.05, 4.69) is 0 Å². The van der Waals surface area contributed by atoms with Crippen LogP contribution >= 0.6 is 11.6 Å². The molecule has 7 heteroatoms. The SMILES string of the molecule is CC(=O)N1CCN(C(=O)/C=C/c2cccc(Cl)c2-c2ccc(N)c(N)c2)CC1. The molecule has 2 aromatic rings. The number of nitrogen functional groups attached to an aromatic ring is 2. The Balaban J connectivity index is 1.81. The van der Waals surface area contributed by atoms with E-state index in [-0.39, 0.29) is 11.8 Å². The Morgan fingerprint density at radius 2 is 1.68 bits per heavy atom. The van der Waals surface area contributed by atoms with Crippen LogP contribution in [0.25, 0.3) is 17.2 Å². The summed E-state index contributed by atoms with van der Waals surface area (Å²) < 4.78 is 0. The molecule has 0 aromatic heterocycles. The highest BCUT2D eigenvalue weighted by Crippen LogP contribution is 2.34. The highest BCUT2D eigenvalue weighted by molar-refractivity contribution is 6.33. The number of nitrogens with two attached hydrogens (primary N) is 2. The summed E-state index contributed by atoms with van der Waals surface area (Å²) in [6.45, 7) is 3.71. The average molecular weight is 399 g/mol. The van der Waals surface area contributed by atoms with Crippen molar-refractivity contribution in [1.82, 2.24) is 9.80 Å². The van der Waals surface area contributed by atoms with Crippen molar-refractivity contribution in [2.75, 3.05) is 37.6 Å². The molecule has 0 bridgehead atoms. The predicted molar refractivity (Wildman–Crippen MR) is 114 cm³/mol. The molecule has 146 valence electrons. The van der Waals surface area contributed by atoms with E-state index in [0.29, 0.717) is 42.6 Å². The first-order chi connectivity index (χ1) is 13.4. The van der Waals surface area contributed by atoms with Crippen LogP contribution in [-0.4, -0.2) is 47.8 Å². The van der Waals surface area contributed by atoms with Gasteiger partial charge in [-0.2, -0.15) is 0 Å². The lowest BCUT2D eigenvalue weighted by atomic mass is 9.98. The number of carbonyl (C=O) groups excluding carboxylic acids is 2. The molecule has 0 spiro atoms. The summed E-state index contributed by atoms with van der Waals surface area (Å²) in [5.74, 6) is -0.0556. The summed E-state index contributed by atoms with van der Waals surface area (Å²) >= 11 is 6.43. The van der Waals surface area contributed by atoms with E-state index in [1.165, 1.54) is 0 Å². The number of piperazine rings is 1. The van der Waals surface area contributed by atoms with Crippen molar-refractivity contribution in [2.45, 2.75) is 6.92 Å². The van der Waals surface area contributed by atoms with E-state index in [1.54, 1.807) is 47.1 Å². The molecule has 0 atom stereocenters. The van der Waals surface area contributed by atoms with Crippen molar-refractivity contribution in [3.05, 3.63) is 53.1 Å². The fourth-order valence-corrected chi connectivity index (χ4v) is 3.51. The fourth-order valence-electron chi connectivity index (χ4n) is 3.22. The molecule has 1 saturated heterocycles. The number of nitrogens with zero attached hydrogens (tertiary/aromatic N) is 2. The van der Waals surface area contributed by atoms with E-state index in [1.807, 2.05) is 18.2 Å². The minimum Gasteiger partial charge on any atom is -0.397 e. The van der Waals surface area contributed by atoms with E-state index in [9.17, 15) is 9.59 Å². The van der Waals surface area contributed by atoms with E-state index in [0.717, 1.165) is 16.7 Å². The standard InChI is InChI=1S/C21H23ClN4O2/c1-14(27)25-9-11-26(12-10-25)20(28)8-6-15-3-2-4-17(22)21(15)16-5-7-18(23)19(24)13-16/h2-8,13H,9-12,23-24H2,1H3/b8-6+. The number of hydrogen-bond acceptors (Lipinski definition) is 4. The number of anilines is 2. The maximum atomic E-state index is 12.5. The van der Waals surface area contributed by atoms with Gasteiger partial charge in [-0.1, -0.05) is 29.8 Å². The van der Waals surface area contributed by atoms with Gasteiger partial charge in [0.2, 0.25) is 11.8 Å². The van der Waals surface area contributed by atoms with Gasteiger partial charge >= 0.3 is 0 Å². The molecule has 2 amide bonds. The molecule has 1 heterocycles. The molecule has 4 N–H and O–H groups in total. The monoisotopic (exact) mass is 398 g/mol. The maximum Gasteiger partial charge on any atom is 0.246 e. The molecular weight excluding hydrogens is 376 g/mol. The number of benzene rings is 2. The van der Waals surface area contributed by atoms with Crippen LogP contribution in [0.1, 0.15) is 12.5 Å². The van der Waals surface area contributed by atoms with Crippen molar-refractivity contribution in [2.24, 2.45) is 0 Å². The molecule has 0 radical (unpaired) electrons. The first-order valence-electron chi connectivity index (χ1n) is 9.03. The molecule has 1 aliphatic rings. The fraction of sp³-hybridized carbons (Fsp3) is 0.238. The lowest BCUT2D eigenvalue weighted by Gasteiger charge is -2.33. The smallest absolute Gasteiger partial charge is 0.246 e. The molecule has 28 heavy (non-hydrogen) atoms. The normalized spacial score (nSPS) is 14.5. The van der Waals surface area contributed by atoms with E-state index < -0.39 is 0 Å². The maximum absolute atomic E-state index is 12.5. The van der Waals surface area contributed by atoms with Gasteiger partial charge in [-0.05, 0) is 35.4 Å². The van der Waals surface area contributed by atoms with Crippen LogP contribution in [0, 0.1) is 0 Å². The molecule has 1 fully saturated rings. The zero-order valence-corrected chi connectivity index (χ0v) is 16.4. The topological polar surface area (TPSA) is 92.7 Å². The third-order valence-corrected chi connectivity index (χ3v) is 5.18. The van der Waals surface area contributed by atoms with Crippen LogP contribution in [0.5, 0.6) is 0 Å². The van der Waals surface area contributed by atoms with E-state index >= 15 is 0 Å². The van der Waals surface area contributed by atoms with Crippen LogP contribution in [0.3, 0.4) is 0 Å². The minimum absolute atomic E-state index is 0.0361. The molecule has 0 aliphatic carbocycles. The van der Waals surface area contributed by atoms with Gasteiger partial charge < -0.3 is 21.3 Å². The number of rotatable bonds is 3. The van der Waals surface area contributed by atoms with Gasteiger partial charge in [0.25, 0.3) is 0 Å². The summed E-state index contributed by atoms with van der Waals surface area (Å²) in [6.07, 6.45) is 3.30. The third-order valence-electron chi connectivity index (χ3n) is 4.86. The quantitative estimate of drug-likeness (QED) is 0.614. The second-order valence-corrected chi connectivity index (χ2v) is 7.12. The zero-order valence-electron chi connectivity index (χ0n) is 15.7. The molecular formula is C21H23ClN4O2. The van der Waals surface area contributed by atoms with Crippen LogP contribution in [0.15, 0.2) is 42.5 Å². The van der Waals surface area contributed by atoms with Gasteiger partial charge in [-0.15, -0.1) is 0 Å². The second-order valence-electron chi connectivity index (χ2n) is 6.71. The lowest BCUT2D eigenvalue weighted by molar-refractivity contribution is -0.135. The Hall–Kier alpha value is -2.99. The van der Waals surface area contributed by atoms with Gasteiger partial charge in [0, 0.05) is 49.8 Å². The largest absolute Gasteiger partial charge is 0.397 e. The highest BCUT2D eigenvalue weighted by Gasteiger charge is 2.21. The zero-order chi connectivity index (χ0) is 20.3. The molecule has 3 rings (SSSR count). The number of amides is 2. The molecule has 6 nitrogen and oxygen atoms in total. The Kier molecular flexibility index (Phi) is 5.90. The van der Waals surface area contributed by atoms with Crippen molar-refractivity contribution in [3.63, 3.8) is 0 Å². The van der Waals surface area contributed by atoms with Gasteiger partial charge in [0.05, 0.1) is 11.4 Å². The van der Waals surface area contributed by atoms with Gasteiger partial charge in [-0.3, -0.25) is 9.59 Å². The third kappa shape index (κ3) is 4.28. The van der Waals surface area contributed by atoms with Crippen LogP contribution in [0.4, 0.5) is 11.4 Å². The Morgan fingerprint density at radius 1 is 1.00 bits per heavy atom. The molecule has 1 aliphatic heterocycles. The predicted octanol–water partition coefficient (Wildman–Crippen LogP) is 2.88. The summed E-state index contributed by atoms with van der Waals surface area (Å²) in [5.41, 5.74) is 15.2. The first-order valence-corrected chi connectivity index (χ1v) is 9.41. The van der Waals surface area contributed by atoms with Gasteiger partial charge in [0.1, 0.15) is 0 Å². The first kappa shape index (κ1) is 19.8. The molecule has 0 saturated carbocycles. The van der Waals surface area contributed by atoms with Crippen LogP contribution < -0.4 is 11.5 Å². The second kappa shape index (κ2) is 8.35. The van der Waals surface area contributed by atoms with Crippen molar-refractivity contribution < 1.29 is 9.59 Å². The average Bonchev–Trinajstić information content (AvgIpc) is 2.68. The Morgan fingerprint density at radius 3 is 2.32 bits per heavy atom. The number of hydrogen-bond donors (Lipinski definition) is 2. The molecule has 0 unspecified atom stereocenters. The van der Waals surface area contributed by atoms with Crippen molar-refractivity contribution in [3.8, 4) is 11.1 Å². The summed E-state index contributed by atoms with van der Waals surface area (Å²) in [4.78, 5) is 27.4. The Bertz CT molecular complexity index is 934. The highest BCUT2D eigenvalue weighted by atomic mass is 35.5. The van der Waals surface area contributed by atoms with Gasteiger partial charge in [0.15, 0.2) is 0 Å². The van der Waals surface area contributed by atoms with Crippen molar-refractivity contribution in [1.29, 1.82) is 0 Å². The molecule has 2 aromatic carbocycles. The van der Waals surface area contributed by atoms with E-state index in [4.69, 9.17) is 23.1 Å².